The highest BCUT2D eigenvalue weighted by Gasteiger charge is 2.29. The lowest BCUT2D eigenvalue weighted by Crippen LogP contribution is -2.39. The molecule has 0 radical (unpaired) electrons. The first-order valence-electron chi connectivity index (χ1n) is 11.5. The first-order valence-corrected chi connectivity index (χ1v) is 11.5. The van der Waals surface area contributed by atoms with E-state index < -0.39 is 0 Å². The second-order valence-electron chi connectivity index (χ2n) is 9.27. The molecule has 4 heterocycles. The summed E-state index contributed by atoms with van der Waals surface area (Å²) < 4.78 is 0. The Morgan fingerprint density at radius 3 is 2.71 bits per heavy atom. The summed E-state index contributed by atoms with van der Waals surface area (Å²) in [6.45, 7) is 4.14. The van der Waals surface area contributed by atoms with Crippen molar-refractivity contribution in [3.05, 3.63) is 42.0 Å². The van der Waals surface area contributed by atoms with Crippen molar-refractivity contribution in [3.63, 3.8) is 0 Å². The third-order valence-corrected chi connectivity index (χ3v) is 7.02. The highest BCUT2D eigenvalue weighted by molar-refractivity contribution is 5.90. The zero-order chi connectivity index (χ0) is 21.3. The van der Waals surface area contributed by atoms with E-state index in [9.17, 15) is 0 Å². The van der Waals surface area contributed by atoms with Crippen LogP contribution >= 0.6 is 0 Å². The Morgan fingerprint density at radius 1 is 1.03 bits per heavy atom. The van der Waals surface area contributed by atoms with Gasteiger partial charge < -0.3 is 5.73 Å². The number of hydrazine groups is 1. The summed E-state index contributed by atoms with van der Waals surface area (Å²) in [6, 6.07) is 6.51. The highest BCUT2D eigenvalue weighted by atomic mass is 15.4. The smallest absolute Gasteiger partial charge is 0.165 e. The number of hydrogen-bond donors (Lipinski definition) is 3. The SMILES string of the molecule is CC1(c2ccc(-c3cc(C4CCCCC4)c4c(N)ncnc4n3)cn2)CCCNNC1. The van der Waals surface area contributed by atoms with Crippen LogP contribution in [0.4, 0.5) is 5.82 Å². The molecule has 31 heavy (non-hydrogen) atoms. The van der Waals surface area contributed by atoms with Gasteiger partial charge in [-0.25, -0.2) is 15.0 Å². The molecule has 1 atom stereocenters. The molecule has 3 aromatic rings. The molecule has 162 valence electrons. The van der Waals surface area contributed by atoms with E-state index in [0.29, 0.717) is 17.4 Å². The van der Waals surface area contributed by atoms with Crippen molar-refractivity contribution in [3.8, 4) is 11.3 Å². The van der Waals surface area contributed by atoms with Crippen LogP contribution in [0.1, 0.15) is 69.0 Å². The topological polar surface area (TPSA) is 102 Å². The number of nitrogen functional groups attached to an aromatic ring is 1. The van der Waals surface area contributed by atoms with Crippen molar-refractivity contribution in [1.82, 2.24) is 30.8 Å². The molecular weight excluding hydrogens is 386 g/mol. The molecular formula is C24H31N7. The van der Waals surface area contributed by atoms with Gasteiger partial charge in [0.2, 0.25) is 0 Å². The van der Waals surface area contributed by atoms with Crippen LogP contribution in [0, 0.1) is 0 Å². The van der Waals surface area contributed by atoms with Crippen LogP contribution in [0.3, 0.4) is 0 Å². The number of anilines is 1. The number of hydrogen-bond acceptors (Lipinski definition) is 7. The lowest BCUT2D eigenvalue weighted by molar-refractivity contribution is 0.408. The van der Waals surface area contributed by atoms with Gasteiger partial charge in [-0.1, -0.05) is 26.2 Å². The molecule has 1 aliphatic heterocycles. The van der Waals surface area contributed by atoms with Crippen molar-refractivity contribution < 1.29 is 0 Å². The molecule has 3 aromatic heterocycles. The molecule has 0 spiro atoms. The largest absolute Gasteiger partial charge is 0.383 e. The minimum atomic E-state index is 0.0216. The molecule has 5 rings (SSSR count). The summed E-state index contributed by atoms with van der Waals surface area (Å²) >= 11 is 0. The zero-order valence-corrected chi connectivity index (χ0v) is 18.2. The molecule has 0 aromatic carbocycles. The zero-order valence-electron chi connectivity index (χ0n) is 18.2. The number of rotatable bonds is 3. The Morgan fingerprint density at radius 2 is 1.90 bits per heavy atom. The van der Waals surface area contributed by atoms with E-state index in [-0.39, 0.29) is 5.41 Å². The van der Waals surface area contributed by atoms with E-state index >= 15 is 0 Å². The molecule has 7 nitrogen and oxygen atoms in total. The summed E-state index contributed by atoms with van der Waals surface area (Å²) in [5, 5.41) is 0.923. The van der Waals surface area contributed by atoms with Crippen LogP contribution in [0.15, 0.2) is 30.7 Å². The van der Waals surface area contributed by atoms with Crippen LogP contribution in [-0.4, -0.2) is 33.0 Å². The maximum Gasteiger partial charge on any atom is 0.165 e. The fourth-order valence-electron chi connectivity index (χ4n) is 5.12. The molecule has 2 fully saturated rings. The predicted octanol–water partition coefficient (Wildman–Crippen LogP) is 3.86. The number of nitrogens with one attached hydrogen (secondary N) is 2. The molecule has 1 aliphatic carbocycles. The van der Waals surface area contributed by atoms with Crippen molar-refractivity contribution in [1.29, 1.82) is 0 Å². The third-order valence-electron chi connectivity index (χ3n) is 7.02. The first-order chi connectivity index (χ1) is 15.1. The summed E-state index contributed by atoms with van der Waals surface area (Å²) in [5.41, 5.74) is 17.8. The van der Waals surface area contributed by atoms with Crippen LogP contribution in [0.25, 0.3) is 22.3 Å². The normalized spacial score (nSPS) is 23.0. The van der Waals surface area contributed by atoms with E-state index in [1.807, 2.05) is 6.20 Å². The van der Waals surface area contributed by atoms with Gasteiger partial charge in [-0.2, -0.15) is 0 Å². The number of pyridine rings is 2. The summed E-state index contributed by atoms with van der Waals surface area (Å²) in [7, 11) is 0. The highest BCUT2D eigenvalue weighted by Crippen LogP contribution is 2.39. The standard InChI is InChI=1S/C24H31N7/c1-24(10-5-11-29-30-14-24)20-9-8-17(13-26-20)19-12-18(16-6-3-2-4-7-16)21-22(25)27-15-28-23(21)31-19/h8-9,12-13,15-16,29-30H,2-7,10-11,14H2,1H3,(H2,25,27,28,31). The Bertz CT molecular complexity index is 1050. The lowest BCUT2D eigenvalue weighted by Gasteiger charge is -2.27. The van der Waals surface area contributed by atoms with Gasteiger partial charge in [0.15, 0.2) is 5.65 Å². The average molecular weight is 418 g/mol. The van der Waals surface area contributed by atoms with Gasteiger partial charge in [0, 0.05) is 36.0 Å². The molecule has 1 unspecified atom stereocenters. The molecule has 0 bridgehead atoms. The Labute approximate surface area is 183 Å². The monoisotopic (exact) mass is 417 g/mol. The van der Waals surface area contributed by atoms with Gasteiger partial charge in [0.1, 0.15) is 12.1 Å². The predicted molar refractivity (Wildman–Crippen MR) is 123 cm³/mol. The molecule has 0 amide bonds. The van der Waals surface area contributed by atoms with Crippen molar-refractivity contribution in [2.24, 2.45) is 0 Å². The summed E-state index contributed by atoms with van der Waals surface area (Å²) in [6.07, 6.45) is 11.9. The van der Waals surface area contributed by atoms with Gasteiger partial charge in [0.25, 0.3) is 0 Å². The van der Waals surface area contributed by atoms with Crippen LogP contribution in [0.5, 0.6) is 0 Å². The van der Waals surface area contributed by atoms with Crippen LogP contribution in [0.2, 0.25) is 0 Å². The van der Waals surface area contributed by atoms with Crippen molar-refractivity contribution in [2.45, 2.75) is 63.2 Å². The Kier molecular flexibility index (Phi) is 5.54. The second kappa shape index (κ2) is 8.48. The Balaban J connectivity index is 1.54. The number of aromatic nitrogens is 4. The quantitative estimate of drug-likeness (QED) is 0.595. The minimum absolute atomic E-state index is 0.0216. The molecule has 4 N–H and O–H groups in total. The first kappa shape index (κ1) is 20.3. The van der Waals surface area contributed by atoms with E-state index in [4.69, 9.17) is 15.7 Å². The van der Waals surface area contributed by atoms with Gasteiger partial charge in [-0.15, -0.1) is 0 Å². The van der Waals surface area contributed by atoms with Gasteiger partial charge in [-0.3, -0.25) is 15.8 Å². The summed E-state index contributed by atoms with van der Waals surface area (Å²) in [4.78, 5) is 18.4. The van der Waals surface area contributed by atoms with Crippen LogP contribution < -0.4 is 16.6 Å². The maximum atomic E-state index is 6.27. The molecule has 1 saturated heterocycles. The van der Waals surface area contributed by atoms with Crippen molar-refractivity contribution in [2.75, 3.05) is 18.8 Å². The summed E-state index contributed by atoms with van der Waals surface area (Å²) in [5.74, 6) is 1.02. The number of nitrogens with two attached hydrogens (primary N) is 1. The van der Waals surface area contributed by atoms with Gasteiger partial charge >= 0.3 is 0 Å². The van der Waals surface area contributed by atoms with Crippen molar-refractivity contribution >= 4 is 16.9 Å². The van der Waals surface area contributed by atoms with Gasteiger partial charge in [0.05, 0.1) is 11.1 Å². The Hall–Kier alpha value is -2.64. The van der Waals surface area contributed by atoms with E-state index in [1.165, 1.54) is 44.0 Å². The second-order valence-corrected chi connectivity index (χ2v) is 9.27. The number of fused-ring (bicyclic) bond motifs is 1. The fourth-order valence-corrected chi connectivity index (χ4v) is 5.12. The molecule has 7 heteroatoms. The molecule has 1 saturated carbocycles. The lowest BCUT2D eigenvalue weighted by atomic mass is 9.81. The fraction of sp³-hybridized carbons (Fsp3) is 0.500. The van der Waals surface area contributed by atoms with Gasteiger partial charge in [-0.05, 0) is 55.4 Å². The molecule has 2 aliphatic rings. The third kappa shape index (κ3) is 4.00. The number of nitrogens with zero attached hydrogens (tertiary/aromatic N) is 4. The maximum absolute atomic E-state index is 6.27. The van der Waals surface area contributed by atoms with Crippen LogP contribution in [-0.2, 0) is 5.41 Å². The van der Waals surface area contributed by atoms with E-state index in [2.05, 4.69) is 45.9 Å². The average Bonchev–Trinajstić information content (AvgIpc) is 3.04. The van der Waals surface area contributed by atoms with E-state index in [0.717, 1.165) is 48.3 Å². The van der Waals surface area contributed by atoms with E-state index in [1.54, 1.807) is 0 Å². The minimum Gasteiger partial charge on any atom is -0.383 e.